The molecule has 0 saturated heterocycles. The molecule has 5 heteroatoms. The lowest BCUT2D eigenvalue weighted by Crippen LogP contribution is -2.28. The van der Waals surface area contributed by atoms with Crippen LogP contribution in [0, 0.1) is 0 Å². The number of amides is 1. The first kappa shape index (κ1) is 12.0. The molecule has 2 aromatic heterocycles. The van der Waals surface area contributed by atoms with Crippen molar-refractivity contribution in [3.05, 3.63) is 42.0 Å². The molecule has 3 rings (SSSR count). The Morgan fingerprint density at radius 3 is 2.95 bits per heavy atom. The zero-order valence-electron chi connectivity index (χ0n) is 11.2. The number of nitrogens with one attached hydrogen (secondary N) is 1. The van der Waals surface area contributed by atoms with Gasteiger partial charge in [0, 0.05) is 31.0 Å². The van der Waals surface area contributed by atoms with Crippen molar-refractivity contribution in [3.63, 3.8) is 0 Å². The van der Waals surface area contributed by atoms with E-state index in [9.17, 15) is 4.79 Å². The maximum Gasteiger partial charge on any atom is 0.268 e. The van der Waals surface area contributed by atoms with Crippen LogP contribution in [0.3, 0.4) is 0 Å². The van der Waals surface area contributed by atoms with E-state index in [0.29, 0.717) is 6.04 Å². The van der Waals surface area contributed by atoms with Crippen molar-refractivity contribution < 1.29 is 4.79 Å². The monoisotopic (exact) mass is 258 g/mol. The Balaban J connectivity index is 1.72. The topological polar surface area (TPSA) is 51.9 Å². The molecule has 1 saturated carbocycles. The fourth-order valence-corrected chi connectivity index (χ4v) is 2.27. The van der Waals surface area contributed by atoms with Crippen molar-refractivity contribution in [1.82, 2.24) is 19.7 Å². The van der Waals surface area contributed by atoms with Crippen LogP contribution in [0.2, 0.25) is 0 Å². The van der Waals surface area contributed by atoms with Gasteiger partial charge >= 0.3 is 0 Å². The van der Waals surface area contributed by atoms with Crippen LogP contribution < -0.4 is 5.32 Å². The summed E-state index contributed by atoms with van der Waals surface area (Å²) >= 11 is 0. The quantitative estimate of drug-likeness (QED) is 0.912. The van der Waals surface area contributed by atoms with E-state index in [1.165, 1.54) is 12.8 Å². The molecule has 2 heterocycles. The second-order valence-corrected chi connectivity index (χ2v) is 5.17. The number of hydrogen-bond donors (Lipinski definition) is 1. The van der Waals surface area contributed by atoms with Crippen LogP contribution >= 0.6 is 0 Å². The van der Waals surface area contributed by atoms with Gasteiger partial charge in [0.15, 0.2) is 0 Å². The fraction of sp³-hybridized carbons (Fsp3) is 0.429. The van der Waals surface area contributed by atoms with Gasteiger partial charge in [-0.1, -0.05) is 0 Å². The number of rotatable bonds is 4. The Morgan fingerprint density at radius 1 is 1.53 bits per heavy atom. The van der Waals surface area contributed by atoms with Crippen LogP contribution in [0.1, 0.15) is 47.9 Å². The number of aryl methyl sites for hydroxylation is 1. The smallest absolute Gasteiger partial charge is 0.268 e. The zero-order chi connectivity index (χ0) is 13.4. The molecule has 1 aliphatic carbocycles. The third-order valence-electron chi connectivity index (χ3n) is 3.52. The second-order valence-electron chi connectivity index (χ2n) is 5.17. The maximum atomic E-state index is 12.3. The van der Waals surface area contributed by atoms with E-state index >= 15 is 0 Å². The fourth-order valence-electron chi connectivity index (χ4n) is 2.27. The summed E-state index contributed by atoms with van der Waals surface area (Å²) in [5.74, 6) is -0.0201. The predicted octanol–water partition coefficient (Wildman–Crippen LogP) is 2.05. The average molecular weight is 258 g/mol. The van der Waals surface area contributed by atoms with E-state index in [-0.39, 0.29) is 11.9 Å². The van der Waals surface area contributed by atoms with Crippen molar-refractivity contribution >= 4 is 5.91 Å². The molecule has 19 heavy (non-hydrogen) atoms. The summed E-state index contributed by atoms with van der Waals surface area (Å²) in [6.07, 6.45) is 8.04. The standard InChI is InChI=1S/C14H18N4O/c1-10(11-8-15-17(2)9-11)16-14(19)13-4-3-7-18(13)12-5-6-12/h3-4,7-10,12H,5-6H2,1-2H3,(H,16,19)/t10-/m1/s1. The van der Waals surface area contributed by atoms with Crippen LogP contribution in [0.15, 0.2) is 30.7 Å². The molecule has 1 amide bonds. The summed E-state index contributed by atoms with van der Waals surface area (Å²) in [5.41, 5.74) is 1.76. The highest BCUT2D eigenvalue weighted by atomic mass is 16.2. The number of hydrogen-bond acceptors (Lipinski definition) is 2. The van der Waals surface area contributed by atoms with Gasteiger partial charge in [-0.05, 0) is 31.9 Å². The lowest BCUT2D eigenvalue weighted by atomic mass is 10.2. The van der Waals surface area contributed by atoms with Gasteiger partial charge in [0.25, 0.3) is 5.91 Å². The molecule has 1 fully saturated rings. The lowest BCUT2D eigenvalue weighted by Gasteiger charge is -2.13. The van der Waals surface area contributed by atoms with Crippen LogP contribution in [0.4, 0.5) is 0 Å². The van der Waals surface area contributed by atoms with Crippen molar-refractivity contribution in [2.45, 2.75) is 31.8 Å². The third kappa shape index (κ3) is 2.41. The second kappa shape index (κ2) is 4.57. The van der Waals surface area contributed by atoms with Gasteiger partial charge in [0.2, 0.25) is 0 Å². The summed E-state index contributed by atoms with van der Waals surface area (Å²) in [6, 6.07) is 4.29. The molecule has 0 aromatic carbocycles. The zero-order valence-corrected chi connectivity index (χ0v) is 11.2. The Labute approximate surface area is 112 Å². The van der Waals surface area contributed by atoms with Gasteiger partial charge in [-0.3, -0.25) is 9.48 Å². The molecule has 0 radical (unpaired) electrons. The molecule has 5 nitrogen and oxygen atoms in total. The predicted molar refractivity (Wildman–Crippen MR) is 71.8 cm³/mol. The molecule has 0 unspecified atom stereocenters. The summed E-state index contributed by atoms with van der Waals surface area (Å²) in [5, 5.41) is 7.15. The molecule has 1 N–H and O–H groups in total. The van der Waals surface area contributed by atoms with Gasteiger partial charge < -0.3 is 9.88 Å². The van der Waals surface area contributed by atoms with E-state index in [1.807, 2.05) is 38.5 Å². The molecule has 0 spiro atoms. The highest BCUT2D eigenvalue weighted by Gasteiger charge is 2.27. The van der Waals surface area contributed by atoms with E-state index in [1.54, 1.807) is 10.9 Å². The van der Waals surface area contributed by atoms with Crippen LogP contribution in [0.25, 0.3) is 0 Å². The minimum absolute atomic E-state index is 0.0201. The largest absolute Gasteiger partial charge is 0.344 e. The SMILES string of the molecule is C[C@@H](NC(=O)c1cccn1C1CC1)c1cnn(C)c1. The van der Waals surface area contributed by atoms with E-state index in [4.69, 9.17) is 0 Å². The first-order valence-electron chi connectivity index (χ1n) is 6.61. The van der Waals surface area contributed by atoms with Gasteiger partial charge in [0.05, 0.1) is 12.2 Å². The molecule has 1 aliphatic rings. The van der Waals surface area contributed by atoms with Crippen molar-refractivity contribution in [2.75, 3.05) is 0 Å². The van der Waals surface area contributed by atoms with Crippen LogP contribution in [-0.4, -0.2) is 20.3 Å². The maximum absolute atomic E-state index is 12.3. The molecular formula is C14H18N4O. The van der Waals surface area contributed by atoms with Crippen LogP contribution in [0.5, 0.6) is 0 Å². The highest BCUT2D eigenvalue weighted by molar-refractivity contribution is 5.93. The summed E-state index contributed by atoms with van der Waals surface area (Å²) in [7, 11) is 1.87. The molecular weight excluding hydrogens is 240 g/mol. The summed E-state index contributed by atoms with van der Waals surface area (Å²) in [6.45, 7) is 1.97. The number of carbonyl (C=O) groups excluding carboxylic acids is 1. The van der Waals surface area contributed by atoms with Crippen molar-refractivity contribution in [2.24, 2.45) is 7.05 Å². The van der Waals surface area contributed by atoms with Gasteiger partial charge in [-0.15, -0.1) is 0 Å². The number of nitrogens with zero attached hydrogens (tertiary/aromatic N) is 3. The van der Waals surface area contributed by atoms with Gasteiger partial charge in [-0.2, -0.15) is 5.10 Å². The summed E-state index contributed by atoms with van der Waals surface area (Å²) in [4.78, 5) is 12.3. The third-order valence-corrected chi connectivity index (χ3v) is 3.52. The first-order chi connectivity index (χ1) is 9.15. The van der Waals surface area contributed by atoms with Gasteiger partial charge in [0.1, 0.15) is 5.69 Å². The molecule has 1 atom stereocenters. The Bertz CT molecular complexity index is 594. The Kier molecular flexibility index (Phi) is 2.89. The van der Waals surface area contributed by atoms with E-state index < -0.39 is 0 Å². The van der Waals surface area contributed by atoms with Crippen molar-refractivity contribution in [1.29, 1.82) is 0 Å². The van der Waals surface area contributed by atoms with Crippen molar-refractivity contribution in [3.8, 4) is 0 Å². The molecule has 2 aromatic rings. The Hall–Kier alpha value is -2.04. The van der Waals surface area contributed by atoms with E-state index in [2.05, 4.69) is 15.0 Å². The normalized spacial score (nSPS) is 16.3. The molecule has 100 valence electrons. The lowest BCUT2D eigenvalue weighted by molar-refractivity contribution is 0.0930. The summed E-state index contributed by atoms with van der Waals surface area (Å²) < 4.78 is 3.82. The Morgan fingerprint density at radius 2 is 2.32 bits per heavy atom. The van der Waals surface area contributed by atoms with Crippen LogP contribution in [-0.2, 0) is 7.05 Å². The molecule has 0 bridgehead atoms. The minimum atomic E-state index is -0.0382. The van der Waals surface area contributed by atoms with E-state index in [0.717, 1.165) is 11.3 Å². The highest BCUT2D eigenvalue weighted by Crippen LogP contribution is 2.36. The number of carbonyl (C=O) groups is 1. The van der Waals surface area contributed by atoms with Gasteiger partial charge in [-0.25, -0.2) is 0 Å². The molecule has 0 aliphatic heterocycles. The first-order valence-corrected chi connectivity index (χ1v) is 6.61. The number of aromatic nitrogens is 3. The minimum Gasteiger partial charge on any atom is -0.344 e. The average Bonchev–Trinajstić information content (AvgIpc) is 2.94.